The Kier molecular flexibility index (Phi) is 6.17. The molecule has 0 unspecified atom stereocenters. The lowest BCUT2D eigenvalue weighted by Crippen LogP contribution is -2.50. The Morgan fingerprint density at radius 3 is 1.96 bits per heavy atom. The molecule has 2 amide bonds. The fourth-order valence-electron chi connectivity index (χ4n) is 3.07. The van der Waals surface area contributed by atoms with Crippen LogP contribution < -0.4 is 5.43 Å². The van der Waals surface area contributed by atoms with E-state index in [4.69, 9.17) is 9.52 Å². The van der Waals surface area contributed by atoms with E-state index < -0.39 is 17.3 Å². The average molecular weight is 395 g/mol. The molecule has 10 heteroatoms. The highest BCUT2D eigenvalue weighted by molar-refractivity contribution is 7.99. The molecule has 2 saturated heterocycles. The third kappa shape index (κ3) is 4.89. The van der Waals surface area contributed by atoms with Crippen LogP contribution in [0.25, 0.3) is 0 Å². The summed E-state index contributed by atoms with van der Waals surface area (Å²) in [5, 5.41) is 8.83. The lowest BCUT2D eigenvalue weighted by atomic mass is 10.2. The van der Waals surface area contributed by atoms with E-state index in [1.54, 1.807) is 21.6 Å². The first kappa shape index (κ1) is 19.4. The van der Waals surface area contributed by atoms with Gasteiger partial charge >= 0.3 is 5.97 Å². The smallest absolute Gasteiger partial charge is 0.317 e. The third-order valence-electron chi connectivity index (χ3n) is 4.50. The number of amides is 2. The van der Waals surface area contributed by atoms with E-state index in [1.807, 2.05) is 0 Å². The van der Waals surface area contributed by atoms with E-state index in [0.29, 0.717) is 39.3 Å². The highest BCUT2D eigenvalue weighted by atomic mass is 32.2. The predicted molar refractivity (Wildman–Crippen MR) is 98.2 cm³/mol. The number of carboxylic acids is 1. The predicted octanol–water partition coefficient (Wildman–Crippen LogP) is -0.329. The normalized spacial score (nSPS) is 18.4. The van der Waals surface area contributed by atoms with Gasteiger partial charge in [0.05, 0.1) is 6.54 Å². The van der Waals surface area contributed by atoms with Crippen molar-refractivity contribution in [2.45, 2.75) is 0 Å². The van der Waals surface area contributed by atoms with E-state index in [0.717, 1.165) is 23.6 Å². The average Bonchev–Trinajstić information content (AvgIpc) is 2.67. The van der Waals surface area contributed by atoms with Gasteiger partial charge in [0.1, 0.15) is 0 Å². The number of rotatable bonds is 4. The lowest BCUT2D eigenvalue weighted by Gasteiger charge is -2.33. The number of hydrogen-bond acceptors (Lipinski definition) is 7. The zero-order valence-electron chi connectivity index (χ0n) is 14.8. The highest BCUT2D eigenvalue weighted by Crippen LogP contribution is 2.14. The summed E-state index contributed by atoms with van der Waals surface area (Å²) in [6.07, 6.45) is 0. The number of nitrogens with zero attached hydrogens (tertiary/aromatic N) is 3. The van der Waals surface area contributed by atoms with Gasteiger partial charge in [0, 0.05) is 62.9 Å². The molecule has 0 aromatic carbocycles. The van der Waals surface area contributed by atoms with Gasteiger partial charge in [-0.25, -0.2) is 0 Å². The Balaban J connectivity index is 1.70. The number of carbonyl (C=O) groups excluding carboxylic acids is 2. The summed E-state index contributed by atoms with van der Waals surface area (Å²) in [6.45, 7) is 2.59. The van der Waals surface area contributed by atoms with E-state index >= 15 is 0 Å². The number of piperazine rings is 1. The van der Waals surface area contributed by atoms with Gasteiger partial charge in [-0.2, -0.15) is 11.8 Å². The van der Waals surface area contributed by atoms with Crippen molar-refractivity contribution in [3.8, 4) is 0 Å². The number of thioether (sulfide) groups is 1. The topological polar surface area (TPSA) is 111 Å². The third-order valence-corrected chi connectivity index (χ3v) is 5.45. The molecule has 0 atom stereocenters. The van der Waals surface area contributed by atoms with Crippen molar-refractivity contribution in [1.82, 2.24) is 14.7 Å². The van der Waals surface area contributed by atoms with Crippen LogP contribution in [0.5, 0.6) is 0 Å². The molecule has 0 radical (unpaired) electrons. The van der Waals surface area contributed by atoms with Gasteiger partial charge in [-0.05, 0) is 0 Å². The number of aliphatic carboxylic acids is 1. The van der Waals surface area contributed by atoms with Crippen LogP contribution in [0.15, 0.2) is 21.3 Å². The van der Waals surface area contributed by atoms with Crippen LogP contribution >= 0.6 is 11.8 Å². The molecule has 146 valence electrons. The minimum Gasteiger partial charge on any atom is -0.480 e. The lowest BCUT2D eigenvalue weighted by molar-refractivity contribution is -0.138. The molecule has 0 bridgehead atoms. The van der Waals surface area contributed by atoms with Gasteiger partial charge in [-0.3, -0.25) is 24.1 Å². The van der Waals surface area contributed by atoms with Crippen LogP contribution in [0.3, 0.4) is 0 Å². The van der Waals surface area contributed by atoms with Crippen LogP contribution in [-0.2, 0) is 4.79 Å². The molecule has 1 aromatic rings. The molecule has 9 nitrogen and oxygen atoms in total. The van der Waals surface area contributed by atoms with Gasteiger partial charge in [-0.1, -0.05) is 0 Å². The Bertz CT molecular complexity index is 781. The summed E-state index contributed by atoms with van der Waals surface area (Å²) in [5.41, 5.74) is -0.455. The van der Waals surface area contributed by atoms with Crippen LogP contribution in [0.4, 0.5) is 0 Å². The molecule has 2 aliphatic heterocycles. The zero-order valence-corrected chi connectivity index (χ0v) is 15.6. The molecule has 3 heterocycles. The maximum atomic E-state index is 12.7. The first-order chi connectivity index (χ1) is 12.9. The Labute approximate surface area is 159 Å². The minimum atomic E-state index is -0.914. The molecular weight excluding hydrogens is 374 g/mol. The van der Waals surface area contributed by atoms with E-state index in [-0.39, 0.29) is 24.0 Å². The highest BCUT2D eigenvalue weighted by Gasteiger charge is 2.27. The molecule has 2 fully saturated rings. The molecule has 0 aliphatic carbocycles. The maximum Gasteiger partial charge on any atom is 0.317 e. The standard InChI is InChI=1S/C17H21N3O6S/c21-12-9-13(16(24)19-3-1-18(2-4-19)11-15(22)23)26-14(10-12)17(25)20-5-7-27-8-6-20/h9-10H,1-8,11H2,(H,22,23). The quantitative estimate of drug-likeness (QED) is 0.738. The molecule has 3 rings (SSSR count). The van der Waals surface area contributed by atoms with Crippen molar-refractivity contribution in [1.29, 1.82) is 0 Å². The molecular formula is C17H21N3O6S. The maximum absolute atomic E-state index is 12.7. The summed E-state index contributed by atoms with van der Waals surface area (Å²) < 4.78 is 5.48. The van der Waals surface area contributed by atoms with Crippen molar-refractivity contribution >= 4 is 29.5 Å². The molecule has 0 saturated carbocycles. The largest absolute Gasteiger partial charge is 0.480 e. The van der Waals surface area contributed by atoms with Crippen molar-refractivity contribution < 1.29 is 23.9 Å². The molecule has 1 N–H and O–H groups in total. The van der Waals surface area contributed by atoms with Crippen molar-refractivity contribution in [2.24, 2.45) is 0 Å². The van der Waals surface area contributed by atoms with Crippen molar-refractivity contribution in [3.05, 3.63) is 33.9 Å². The van der Waals surface area contributed by atoms with Crippen molar-refractivity contribution in [2.75, 3.05) is 57.3 Å². The monoisotopic (exact) mass is 395 g/mol. The second kappa shape index (κ2) is 8.57. The summed E-state index contributed by atoms with van der Waals surface area (Å²) in [5.74, 6) is -0.390. The fourth-order valence-corrected chi connectivity index (χ4v) is 3.97. The van der Waals surface area contributed by atoms with Gasteiger partial charge in [-0.15, -0.1) is 0 Å². The summed E-state index contributed by atoms with van der Waals surface area (Å²) in [4.78, 5) is 52.8. The van der Waals surface area contributed by atoms with Gasteiger partial charge in [0.25, 0.3) is 11.8 Å². The Morgan fingerprint density at radius 2 is 1.44 bits per heavy atom. The Hall–Kier alpha value is -2.33. The number of carboxylic acid groups (broad SMARTS) is 1. The summed E-state index contributed by atoms with van der Waals surface area (Å²) in [7, 11) is 0. The van der Waals surface area contributed by atoms with E-state index in [9.17, 15) is 19.2 Å². The first-order valence-corrected chi connectivity index (χ1v) is 9.85. The second-order valence-corrected chi connectivity index (χ2v) is 7.61. The van der Waals surface area contributed by atoms with Gasteiger partial charge < -0.3 is 19.3 Å². The molecule has 1 aromatic heterocycles. The molecule has 0 spiro atoms. The van der Waals surface area contributed by atoms with Crippen LogP contribution in [-0.4, -0.2) is 94.9 Å². The fraction of sp³-hybridized carbons (Fsp3) is 0.529. The minimum absolute atomic E-state index is 0.0742. The second-order valence-electron chi connectivity index (χ2n) is 6.39. The summed E-state index contributed by atoms with van der Waals surface area (Å²) in [6, 6.07) is 2.21. The first-order valence-electron chi connectivity index (χ1n) is 8.69. The molecule has 27 heavy (non-hydrogen) atoms. The van der Waals surface area contributed by atoms with Crippen LogP contribution in [0.2, 0.25) is 0 Å². The van der Waals surface area contributed by atoms with Gasteiger partial charge in [0.15, 0.2) is 16.9 Å². The van der Waals surface area contributed by atoms with Crippen molar-refractivity contribution in [3.63, 3.8) is 0 Å². The molecule has 2 aliphatic rings. The Morgan fingerprint density at radius 1 is 0.926 bits per heavy atom. The van der Waals surface area contributed by atoms with Gasteiger partial charge in [0.2, 0.25) is 0 Å². The number of hydrogen-bond donors (Lipinski definition) is 1. The zero-order chi connectivity index (χ0) is 19.4. The van der Waals surface area contributed by atoms with Crippen LogP contribution in [0, 0.1) is 0 Å². The summed E-state index contributed by atoms with van der Waals surface area (Å²) >= 11 is 1.76. The SMILES string of the molecule is O=C(O)CN1CCN(C(=O)c2cc(=O)cc(C(=O)N3CCSCC3)o2)CC1. The van der Waals surface area contributed by atoms with E-state index in [1.165, 1.54) is 4.90 Å². The van der Waals surface area contributed by atoms with Crippen LogP contribution in [0.1, 0.15) is 21.1 Å². The number of carbonyl (C=O) groups is 3. The van der Waals surface area contributed by atoms with E-state index in [2.05, 4.69) is 0 Å².